The summed E-state index contributed by atoms with van der Waals surface area (Å²) in [5, 5.41) is 8.20. The van der Waals surface area contributed by atoms with Crippen molar-refractivity contribution in [2.45, 2.75) is 56.4 Å². The number of fused-ring (bicyclic) bond motifs is 1. The molecule has 294 valence electrons. The maximum atomic E-state index is 13.7. The Hall–Kier alpha value is -5.80. The number of methoxy groups -OCH3 is 3. The van der Waals surface area contributed by atoms with Gasteiger partial charge in [0.1, 0.15) is 16.3 Å². The van der Waals surface area contributed by atoms with Crippen LogP contribution in [-0.2, 0) is 32.0 Å². The molecule has 1 aliphatic heterocycles. The average molecular weight is 801 g/mol. The first-order chi connectivity index (χ1) is 26.7. The van der Waals surface area contributed by atoms with Crippen molar-refractivity contribution in [3.8, 4) is 11.5 Å². The molecule has 1 aromatic heterocycles. The number of hydrogen-bond donors (Lipinski definition) is 3. The van der Waals surface area contributed by atoms with E-state index in [0.717, 1.165) is 10.4 Å². The molecular weight excluding hydrogens is 757 g/mol. The molecule has 0 aliphatic carbocycles. The number of ether oxygens (including phenoxy) is 4. The van der Waals surface area contributed by atoms with Crippen LogP contribution in [0.4, 0.5) is 15.5 Å². The van der Waals surface area contributed by atoms with E-state index in [1.807, 2.05) is 0 Å². The van der Waals surface area contributed by atoms with Gasteiger partial charge in [0.25, 0.3) is 11.8 Å². The highest BCUT2D eigenvalue weighted by atomic mass is 32.2. The zero-order valence-corrected chi connectivity index (χ0v) is 33.8. The molecule has 1 unspecified atom stereocenters. The quantitative estimate of drug-likeness (QED) is 0.0750. The lowest BCUT2D eigenvalue weighted by Gasteiger charge is -2.30. The van der Waals surface area contributed by atoms with Crippen molar-refractivity contribution in [1.82, 2.24) is 10.2 Å². The third kappa shape index (κ3) is 10.5. The van der Waals surface area contributed by atoms with Crippen LogP contribution in [0.3, 0.4) is 0 Å². The van der Waals surface area contributed by atoms with Gasteiger partial charge in [0.15, 0.2) is 11.5 Å². The van der Waals surface area contributed by atoms with Crippen LogP contribution >= 0.6 is 23.1 Å². The number of benzene rings is 3. The van der Waals surface area contributed by atoms with Crippen LogP contribution in [0.2, 0.25) is 0 Å². The average Bonchev–Trinajstić information content (AvgIpc) is 3.53. The van der Waals surface area contributed by atoms with E-state index in [9.17, 15) is 24.0 Å². The molecule has 1 atom stereocenters. The Morgan fingerprint density at radius 2 is 1.62 bits per heavy atom. The highest BCUT2D eigenvalue weighted by molar-refractivity contribution is 8.00. The standard InChI is InChI=1S/C41H44N4O9S2/c1-24(35(46)44-38-34(39(49)53-7)29-18-19-45(23-33(29)56-38)40(50)54-41(2,3)4)55-28-15-11-14-27(22-28)42-37(48)30(43-36(47)26-12-9-8-10-13-26)20-25-16-17-31(51-5)32(21-25)52-6/h8-17,20-22,24H,18-19,23H2,1-7H3,(H,42,48)(H,43,47)(H,44,46)/b30-20+. The minimum absolute atomic E-state index is 0.0221. The molecule has 1 aliphatic rings. The van der Waals surface area contributed by atoms with Crippen molar-refractivity contribution in [1.29, 1.82) is 0 Å². The van der Waals surface area contributed by atoms with Gasteiger partial charge in [-0.2, -0.15) is 0 Å². The molecule has 0 radical (unpaired) electrons. The number of esters is 1. The zero-order chi connectivity index (χ0) is 40.6. The normalized spacial score (nSPS) is 13.1. The lowest BCUT2D eigenvalue weighted by Crippen LogP contribution is -2.39. The van der Waals surface area contributed by atoms with Crippen molar-refractivity contribution in [3.63, 3.8) is 0 Å². The topological polar surface area (TPSA) is 162 Å². The molecule has 0 bridgehead atoms. The summed E-state index contributed by atoms with van der Waals surface area (Å²) in [6, 6.07) is 20.6. The van der Waals surface area contributed by atoms with Crippen LogP contribution in [0.15, 0.2) is 83.4 Å². The highest BCUT2D eigenvalue weighted by Gasteiger charge is 2.33. The molecule has 13 nitrogen and oxygen atoms in total. The second kappa shape index (κ2) is 18.2. The third-order valence-corrected chi connectivity index (χ3v) is 10.6. The van der Waals surface area contributed by atoms with Crippen LogP contribution in [-0.4, -0.2) is 73.4 Å². The van der Waals surface area contributed by atoms with E-state index in [1.54, 1.807) is 105 Å². The van der Waals surface area contributed by atoms with Crippen molar-refractivity contribution in [2.24, 2.45) is 0 Å². The Morgan fingerprint density at radius 1 is 0.893 bits per heavy atom. The van der Waals surface area contributed by atoms with Gasteiger partial charge in [-0.25, -0.2) is 9.59 Å². The zero-order valence-electron chi connectivity index (χ0n) is 32.1. The van der Waals surface area contributed by atoms with E-state index >= 15 is 0 Å². The molecule has 4 amide bonds. The smallest absolute Gasteiger partial charge is 0.410 e. The van der Waals surface area contributed by atoms with Crippen molar-refractivity contribution < 1.29 is 42.9 Å². The molecule has 56 heavy (non-hydrogen) atoms. The molecule has 2 heterocycles. The Kier molecular flexibility index (Phi) is 13.5. The van der Waals surface area contributed by atoms with Crippen LogP contribution in [0, 0.1) is 0 Å². The molecule has 0 fully saturated rings. The number of rotatable bonds is 12. The summed E-state index contributed by atoms with van der Waals surface area (Å²) < 4.78 is 21.4. The Labute approximate surface area is 333 Å². The number of carbonyl (C=O) groups excluding carboxylic acids is 5. The molecule has 0 saturated carbocycles. The Balaban J connectivity index is 1.31. The number of nitrogens with zero attached hydrogens (tertiary/aromatic N) is 1. The fourth-order valence-corrected chi connectivity index (χ4v) is 7.84. The minimum atomic E-state index is -0.658. The molecular formula is C41H44N4O9S2. The number of amides is 4. The first-order valence-corrected chi connectivity index (χ1v) is 19.3. The van der Waals surface area contributed by atoms with Gasteiger partial charge >= 0.3 is 12.1 Å². The summed E-state index contributed by atoms with van der Waals surface area (Å²) >= 11 is 2.48. The summed E-state index contributed by atoms with van der Waals surface area (Å²) in [6.45, 7) is 7.70. The first kappa shape index (κ1) is 41.4. The van der Waals surface area contributed by atoms with Gasteiger partial charge in [-0.15, -0.1) is 23.1 Å². The highest BCUT2D eigenvalue weighted by Crippen LogP contribution is 2.39. The first-order valence-electron chi connectivity index (χ1n) is 17.6. The Morgan fingerprint density at radius 3 is 2.30 bits per heavy atom. The van der Waals surface area contributed by atoms with Crippen LogP contribution in [0.25, 0.3) is 6.08 Å². The number of thiophene rings is 1. The minimum Gasteiger partial charge on any atom is -0.493 e. The van der Waals surface area contributed by atoms with Crippen molar-refractivity contribution in [2.75, 3.05) is 38.5 Å². The fourth-order valence-electron chi connectivity index (χ4n) is 5.66. The van der Waals surface area contributed by atoms with Crippen LogP contribution < -0.4 is 25.4 Å². The number of nitrogens with one attached hydrogen (secondary N) is 3. The Bertz CT molecular complexity index is 2140. The molecule has 0 spiro atoms. The summed E-state index contributed by atoms with van der Waals surface area (Å²) in [7, 11) is 4.30. The van der Waals surface area contributed by atoms with Crippen LogP contribution in [0.1, 0.15) is 64.4 Å². The van der Waals surface area contributed by atoms with E-state index < -0.39 is 34.7 Å². The molecule has 4 aromatic rings. The van der Waals surface area contributed by atoms with Gasteiger partial charge < -0.3 is 39.8 Å². The lowest BCUT2D eigenvalue weighted by molar-refractivity contribution is -0.115. The van der Waals surface area contributed by atoms with E-state index in [1.165, 1.54) is 50.5 Å². The maximum Gasteiger partial charge on any atom is 0.410 e. The van der Waals surface area contributed by atoms with E-state index in [-0.39, 0.29) is 23.7 Å². The number of anilines is 2. The number of thioether (sulfide) groups is 1. The predicted molar refractivity (Wildman–Crippen MR) is 216 cm³/mol. The second-order valence-electron chi connectivity index (χ2n) is 13.6. The van der Waals surface area contributed by atoms with Crippen molar-refractivity contribution >= 4 is 69.6 Å². The molecule has 3 N–H and O–H groups in total. The van der Waals surface area contributed by atoms with Gasteiger partial charge in [0.2, 0.25) is 5.91 Å². The van der Waals surface area contributed by atoms with E-state index in [2.05, 4.69) is 16.0 Å². The van der Waals surface area contributed by atoms with E-state index in [4.69, 9.17) is 18.9 Å². The summed E-state index contributed by atoms with van der Waals surface area (Å²) in [4.78, 5) is 69.2. The predicted octanol–water partition coefficient (Wildman–Crippen LogP) is 7.37. The van der Waals surface area contributed by atoms with Gasteiger partial charge in [0.05, 0.1) is 38.7 Å². The van der Waals surface area contributed by atoms with Gasteiger partial charge in [-0.05, 0) is 93.8 Å². The molecule has 0 saturated heterocycles. The summed E-state index contributed by atoms with van der Waals surface area (Å²) in [5.41, 5.74) is 1.71. The van der Waals surface area contributed by atoms with Gasteiger partial charge in [-0.1, -0.05) is 30.3 Å². The monoisotopic (exact) mass is 800 g/mol. The largest absolute Gasteiger partial charge is 0.493 e. The fraction of sp³-hybridized carbons (Fsp3) is 0.293. The molecule has 5 rings (SSSR count). The lowest BCUT2D eigenvalue weighted by atomic mass is 10.0. The summed E-state index contributed by atoms with van der Waals surface area (Å²) in [5.74, 6) is -1.04. The van der Waals surface area contributed by atoms with Crippen molar-refractivity contribution in [3.05, 3.63) is 106 Å². The number of carbonyl (C=O) groups is 5. The number of hydrogen-bond acceptors (Lipinski definition) is 11. The third-order valence-electron chi connectivity index (χ3n) is 8.36. The van der Waals surface area contributed by atoms with E-state index in [0.29, 0.717) is 51.2 Å². The second-order valence-corrected chi connectivity index (χ2v) is 16.1. The maximum absolute atomic E-state index is 13.7. The van der Waals surface area contributed by atoms with Crippen LogP contribution in [0.5, 0.6) is 11.5 Å². The SMILES string of the molecule is COC(=O)c1c(NC(=O)C(C)Sc2cccc(NC(=O)/C(=C\c3ccc(OC)c(OC)c3)NC(=O)c3ccccc3)c2)sc2c1CCN(C(=O)OC(C)(C)C)C2. The van der Waals surface area contributed by atoms with Gasteiger partial charge in [0, 0.05) is 27.6 Å². The molecule has 3 aromatic carbocycles. The molecule has 15 heteroatoms. The van der Waals surface area contributed by atoms with Gasteiger partial charge in [-0.3, -0.25) is 14.4 Å². The summed E-state index contributed by atoms with van der Waals surface area (Å²) in [6.07, 6.45) is 1.48.